The van der Waals surface area contributed by atoms with E-state index in [2.05, 4.69) is 4.74 Å². The Morgan fingerprint density at radius 1 is 1.42 bits per heavy atom. The Morgan fingerprint density at radius 2 is 2.00 bits per heavy atom. The van der Waals surface area contributed by atoms with E-state index < -0.39 is 11.6 Å². The van der Waals surface area contributed by atoms with Crippen molar-refractivity contribution in [2.45, 2.75) is 0 Å². The van der Waals surface area contributed by atoms with Crippen molar-refractivity contribution in [3.8, 4) is 5.75 Å². The Labute approximate surface area is 86.8 Å². The molecule has 0 aliphatic rings. The molecule has 0 bridgehead atoms. The average molecular weight is 304 g/mol. The van der Waals surface area contributed by atoms with Gasteiger partial charge in [-0.25, -0.2) is 8.78 Å². The maximum absolute atomic E-state index is 12.8. The van der Waals surface area contributed by atoms with Crippen molar-refractivity contribution >= 4 is 34.2 Å². The van der Waals surface area contributed by atoms with Gasteiger partial charge in [0.05, 0.1) is 10.7 Å². The molecule has 0 heterocycles. The van der Waals surface area contributed by atoms with Gasteiger partial charge in [-0.2, -0.15) is 0 Å². The van der Waals surface area contributed by atoms with Crippen molar-refractivity contribution < 1.29 is 13.5 Å². The molecule has 0 spiro atoms. The Hall–Kier alpha value is -0.100. The molecule has 1 nitrogen and oxygen atoms in total. The van der Waals surface area contributed by atoms with E-state index in [1.54, 1.807) is 22.6 Å². The van der Waals surface area contributed by atoms with Gasteiger partial charge in [0, 0.05) is 6.07 Å². The molecule has 0 amide bonds. The second-order valence-corrected chi connectivity index (χ2v) is 3.46. The van der Waals surface area contributed by atoms with Crippen LogP contribution in [0.2, 0.25) is 5.02 Å². The molecular formula is C7H4ClF2IO. The Kier molecular flexibility index (Phi) is 3.11. The van der Waals surface area contributed by atoms with Crippen molar-refractivity contribution in [3.63, 3.8) is 0 Å². The van der Waals surface area contributed by atoms with E-state index in [0.29, 0.717) is 0 Å². The lowest BCUT2D eigenvalue weighted by atomic mass is 10.3. The first-order valence-corrected chi connectivity index (χ1v) is 4.40. The number of rotatable bonds is 1. The zero-order valence-corrected chi connectivity index (χ0v) is 8.91. The van der Waals surface area contributed by atoms with Gasteiger partial charge in [0.15, 0.2) is 11.6 Å². The van der Waals surface area contributed by atoms with Crippen LogP contribution in [0.3, 0.4) is 0 Å². The minimum atomic E-state index is -0.791. The SMILES string of the molecule is COc1c(F)cc(F)c(I)c1Cl. The molecule has 0 aliphatic heterocycles. The number of hydrogen-bond donors (Lipinski definition) is 0. The summed E-state index contributed by atoms with van der Waals surface area (Å²) >= 11 is 7.27. The third kappa shape index (κ3) is 1.64. The summed E-state index contributed by atoms with van der Waals surface area (Å²) in [5.41, 5.74) is 0. The number of ether oxygens (including phenoxy) is 1. The van der Waals surface area contributed by atoms with Crippen LogP contribution in [-0.4, -0.2) is 7.11 Å². The second kappa shape index (κ2) is 3.74. The average Bonchev–Trinajstić information content (AvgIpc) is 2.01. The summed E-state index contributed by atoms with van der Waals surface area (Å²) in [7, 11) is 1.28. The summed E-state index contributed by atoms with van der Waals surface area (Å²) in [6, 6.07) is 0.743. The minimum absolute atomic E-state index is 0.0319. The van der Waals surface area contributed by atoms with Crippen molar-refractivity contribution in [2.24, 2.45) is 0 Å². The fourth-order valence-electron chi connectivity index (χ4n) is 0.737. The number of hydrogen-bond acceptors (Lipinski definition) is 1. The molecule has 5 heteroatoms. The highest BCUT2D eigenvalue weighted by Crippen LogP contribution is 2.33. The van der Waals surface area contributed by atoms with Crippen LogP contribution in [0.1, 0.15) is 0 Å². The van der Waals surface area contributed by atoms with E-state index in [9.17, 15) is 8.78 Å². The van der Waals surface area contributed by atoms with Crippen LogP contribution >= 0.6 is 34.2 Å². The predicted octanol–water partition coefficient (Wildman–Crippen LogP) is 3.23. The third-order valence-corrected chi connectivity index (χ3v) is 3.01. The monoisotopic (exact) mass is 304 g/mol. The van der Waals surface area contributed by atoms with E-state index in [1.165, 1.54) is 7.11 Å². The maximum Gasteiger partial charge on any atom is 0.174 e. The van der Waals surface area contributed by atoms with E-state index in [4.69, 9.17) is 11.6 Å². The summed E-state index contributed by atoms with van der Waals surface area (Å²) in [6.45, 7) is 0. The standard InChI is InChI=1S/C7H4ClF2IO/c1-12-7-4(10)2-3(9)6(11)5(7)8/h2H,1H3. The van der Waals surface area contributed by atoms with E-state index in [-0.39, 0.29) is 14.3 Å². The van der Waals surface area contributed by atoms with Gasteiger partial charge in [0.2, 0.25) is 0 Å². The number of methoxy groups -OCH3 is 1. The van der Waals surface area contributed by atoms with Gasteiger partial charge >= 0.3 is 0 Å². The molecule has 1 rings (SSSR count). The maximum atomic E-state index is 12.8. The summed E-state index contributed by atoms with van der Waals surface area (Å²) in [6.07, 6.45) is 0. The highest BCUT2D eigenvalue weighted by atomic mass is 127. The van der Waals surface area contributed by atoms with Crippen LogP contribution in [0, 0.1) is 15.2 Å². The summed E-state index contributed by atoms with van der Waals surface area (Å²) in [4.78, 5) is 0. The van der Waals surface area contributed by atoms with Gasteiger partial charge in [-0.1, -0.05) is 11.6 Å². The fourth-order valence-corrected chi connectivity index (χ4v) is 1.39. The zero-order valence-electron chi connectivity index (χ0n) is 6.00. The molecular weight excluding hydrogens is 300 g/mol. The van der Waals surface area contributed by atoms with Crippen LogP contribution in [-0.2, 0) is 0 Å². The lowest BCUT2D eigenvalue weighted by Crippen LogP contribution is -1.94. The molecule has 12 heavy (non-hydrogen) atoms. The van der Waals surface area contributed by atoms with Crippen LogP contribution < -0.4 is 4.74 Å². The van der Waals surface area contributed by atoms with Crippen molar-refractivity contribution in [2.75, 3.05) is 7.11 Å². The fraction of sp³-hybridized carbons (Fsp3) is 0.143. The van der Waals surface area contributed by atoms with Gasteiger partial charge in [-0.15, -0.1) is 0 Å². The van der Waals surface area contributed by atoms with Gasteiger partial charge in [-0.05, 0) is 22.6 Å². The van der Waals surface area contributed by atoms with Crippen LogP contribution in [0.25, 0.3) is 0 Å². The lowest BCUT2D eigenvalue weighted by molar-refractivity contribution is 0.383. The molecule has 0 aromatic heterocycles. The normalized spacial score (nSPS) is 10.1. The minimum Gasteiger partial charge on any atom is -0.492 e. The molecule has 1 aromatic rings. The topological polar surface area (TPSA) is 9.23 Å². The molecule has 0 radical (unpaired) electrons. The molecule has 66 valence electrons. The lowest BCUT2D eigenvalue weighted by Gasteiger charge is -2.06. The van der Waals surface area contributed by atoms with E-state index in [1.807, 2.05) is 0 Å². The first-order chi connectivity index (χ1) is 5.57. The first kappa shape index (κ1) is 9.98. The van der Waals surface area contributed by atoms with E-state index in [0.717, 1.165) is 6.07 Å². The first-order valence-electron chi connectivity index (χ1n) is 2.95. The highest BCUT2D eigenvalue weighted by Gasteiger charge is 2.15. The quantitative estimate of drug-likeness (QED) is 0.440. The Morgan fingerprint density at radius 3 is 2.50 bits per heavy atom. The molecule has 0 N–H and O–H groups in total. The molecule has 0 unspecified atom stereocenters. The van der Waals surface area contributed by atoms with Gasteiger partial charge in [-0.3, -0.25) is 0 Å². The van der Waals surface area contributed by atoms with Crippen molar-refractivity contribution in [3.05, 3.63) is 26.3 Å². The van der Waals surface area contributed by atoms with Gasteiger partial charge in [0.25, 0.3) is 0 Å². The molecule has 0 saturated heterocycles. The number of benzene rings is 1. The van der Waals surface area contributed by atoms with Gasteiger partial charge < -0.3 is 4.74 Å². The van der Waals surface area contributed by atoms with Crippen molar-refractivity contribution in [1.29, 1.82) is 0 Å². The molecule has 0 aliphatic carbocycles. The van der Waals surface area contributed by atoms with Gasteiger partial charge in [0.1, 0.15) is 10.8 Å². The van der Waals surface area contributed by atoms with Crippen LogP contribution in [0.4, 0.5) is 8.78 Å². The van der Waals surface area contributed by atoms with Crippen molar-refractivity contribution in [1.82, 2.24) is 0 Å². The zero-order chi connectivity index (χ0) is 9.30. The third-order valence-electron chi connectivity index (χ3n) is 1.28. The molecule has 1 aromatic carbocycles. The number of halogens is 4. The Balaban J connectivity index is 3.40. The Bertz CT molecular complexity index is 317. The molecule has 0 saturated carbocycles. The molecule has 0 fully saturated rings. The van der Waals surface area contributed by atoms with E-state index >= 15 is 0 Å². The summed E-state index contributed by atoms with van der Waals surface area (Å²) in [5.74, 6) is -1.60. The smallest absolute Gasteiger partial charge is 0.174 e. The summed E-state index contributed by atoms with van der Waals surface area (Å²) in [5, 5.41) is -0.0319. The highest BCUT2D eigenvalue weighted by molar-refractivity contribution is 14.1. The predicted molar refractivity (Wildman–Crippen MR) is 50.6 cm³/mol. The largest absolute Gasteiger partial charge is 0.492 e. The summed E-state index contributed by atoms with van der Waals surface area (Å²) < 4.78 is 30.4. The van der Waals surface area contributed by atoms with Crippen LogP contribution in [0.15, 0.2) is 6.07 Å². The second-order valence-electron chi connectivity index (χ2n) is 2.00. The van der Waals surface area contributed by atoms with Crippen LogP contribution in [0.5, 0.6) is 5.75 Å². The molecule has 0 atom stereocenters.